The topological polar surface area (TPSA) is 194 Å². The molecule has 5 N–H and O–H groups in total. The highest BCUT2D eigenvalue weighted by molar-refractivity contribution is 5.83. The Balaban J connectivity index is 2.18. The van der Waals surface area contributed by atoms with Crippen LogP contribution in [-0.2, 0) is 38.0 Å². The van der Waals surface area contributed by atoms with Gasteiger partial charge in [-0.25, -0.2) is 0 Å². The number of ether oxygens (including phenoxy) is 6. The van der Waals surface area contributed by atoms with Gasteiger partial charge >= 0.3 is 5.97 Å². The summed E-state index contributed by atoms with van der Waals surface area (Å²) < 4.78 is 37.1. The summed E-state index contributed by atoms with van der Waals surface area (Å²) in [4.78, 5) is 29.8. The Kier molecular flexibility index (Phi) is 14.7. The van der Waals surface area contributed by atoms with Gasteiger partial charge in [0.05, 0.1) is 47.6 Å². The van der Waals surface area contributed by atoms with Crippen LogP contribution in [0.1, 0.15) is 94.9 Å². The summed E-state index contributed by atoms with van der Waals surface area (Å²) in [5.74, 6) is -4.98. The predicted molar refractivity (Wildman–Crippen MR) is 186 cm³/mol. The van der Waals surface area contributed by atoms with E-state index in [9.17, 15) is 35.1 Å². The molecular formula is C37H67NO13. The van der Waals surface area contributed by atoms with Gasteiger partial charge in [0.2, 0.25) is 0 Å². The molecule has 3 aliphatic heterocycles. The Bertz CT molecular complexity index is 1170. The highest BCUT2D eigenvalue weighted by atomic mass is 16.7. The zero-order valence-corrected chi connectivity index (χ0v) is 32.9. The fourth-order valence-corrected chi connectivity index (χ4v) is 8.41. The van der Waals surface area contributed by atoms with Crippen molar-refractivity contribution in [3.05, 3.63) is 0 Å². The Morgan fingerprint density at radius 1 is 0.882 bits per heavy atom. The Morgan fingerprint density at radius 2 is 1.49 bits per heavy atom. The van der Waals surface area contributed by atoms with E-state index in [-0.39, 0.29) is 31.4 Å². The lowest BCUT2D eigenvalue weighted by atomic mass is 9.74. The van der Waals surface area contributed by atoms with E-state index in [0.717, 1.165) is 0 Å². The molecule has 298 valence electrons. The molecule has 0 saturated carbocycles. The Hall–Kier alpha value is -1.30. The van der Waals surface area contributed by atoms with Crippen LogP contribution < -0.4 is 0 Å². The van der Waals surface area contributed by atoms with E-state index in [1.54, 1.807) is 41.5 Å². The minimum Gasteiger partial charge on any atom is -0.459 e. The molecule has 11 unspecified atom stereocenters. The number of cyclic esters (lactones) is 1. The lowest BCUT2D eigenvalue weighted by Crippen LogP contribution is -2.61. The van der Waals surface area contributed by atoms with Crippen LogP contribution >= 0.6 is 0 Å². The maximum absolute atomic E-state index is 14.1. The fourth-order valence-electron chi connectivity index (χ4n) is 8.41. The second-order valence-electron chi connectivity index (χ2n) is 16.5. The van der Waals surface area contributed by atoms with Gasteiger partial charge < -0.3 is 58.9 Å². The first-order chi connectivity index (χ1) is 23.4. The number of rotatable bonds is 7. The molecule has 14 heteroatoms. The SMILES string of the molecule is CC[C@H]1OC(=O)[C@H](C)C(OC2CC(C)(OC)C(O)C(C)O2)[C@H](C)C(OC2OC(C)CC(N(C)C)C2O)[C@](C)(O)C[C@@H](C)C(=O)[C@H](C)C(O)[C@]1(C)O. The normalized spacial score (nSPS) is 49.7. The Morgan fingerprint density at radius 3 is 2.04 bits per heavy atom. The monoisotopic (exact) mass is 733 g/mol. The lowest BCUT2D eigenvalue weighted by molar-refractivity contribution is -0.318. The minimum atomic E-state index is -1.99. The number of aliphatic hydroxyl groups excluding tert-OH is 3. The van der Waals surface area contributed by atoms with E-state index in [1.165, 1.54) is 27.9 Å². The van der Waals surface area contributed by atoms with Gasteiger partial charge in [0.15, 0.2) is 12.6 Å². The van der Waals surface area contributed by atoms with E-state index in [0.29, 0.717) is 6.42 Å². The summed E-state index contributed by atoms with van der Waals surface area (Å²) in [7, 11) is 5.18. The summed E-state index contributed by atoms with van der Waals surface area (Å²) in [5.41, 5.74) is -4.84. The first kappa shape index (κ1) is 44.1. The average molecular weight is 734 g/mol. The molecule has 0 aromatic carbocycles. The molecule has 3 saturated heterocycles. The molecule has 3 fully saturated rings. The van der Waals surface area contributed by atoms with Crippen LogP contribution in [0, 0.1) is 23.7 Å². The van der Waals surface area contributed by atoms with E-state index < -0.39 is 108 Å². The van der Waals surface area contributed by atoms with E-state index >= 15 is 0 Å². The van der Waals surface area contributed by atoms with E-state index in [4.69, 9.17) is 28.4 Å². The standard InChI is InChI=1S/C37H67NO13/c1-14-25-37(10,45)30(41)20(4)27(39)18(2)16-35(8,44)32(51-34-28(40)24(38(11)12)15-19(3)47-34)21(5)29(22(6)33(43)49-25)50-26-17-36(9,46-13)31(42)23(7)48-26/h18-26,28-32,34,40-42,44-45H,14-17H2,1-13H3/t18-,19?,20+,21+,22-,23?,24?,25-,26?,28?,29?,30?,31?,32?,34?,35-,36?,37-/m1/s1. The molecule has 0 bridgehead atoms. The lowest BCUT2D eigenvalue weighted by Gasteiger charge is -2.49. The molecule has 0 amide bonds. The van der Waals surface area contributed by atoms with Crippen LogP contribution in [0.25, 0.3) is 0 Å². The van der Waals surface area contributed by atoms with Gasteiger partial charge in [0, 0.05) is 37.3 Å². The van der Waals surface area contributed by atoms with Crippen LogP contribution in [0.2, 0.25) is 0 Å². The van der Waals surface area contributed by atoms with Crippen molar-refractivity contribution in [3.8, 4) is 0 Å². The average Bonchev–Trinajstić information content (AvgIpc) is 3.05. The third kappa shape index (κ3) is 9.51. The third-order valence-electron chi connectivity index (χ3n) is 11.8. The highest BCUT2D eigenvalue weighted by Gasteiger charge is 2.53. The molecule has 0 aromatic rings. The van der Waals surface area contributed by atoms with Gasteiger partial charge in [-0.2, -0.15) is 0 Å². The molecule has 3 aliphatic rings. The minimum absolute atomic E-state index is 0.0936. The fraction of sp³-hybridized carbons (Fsp3) is 0.946. The predicted octanol–water partition coefficient (Wildman–Crippen LogP) is 1.79. The van der Waals surface area contributed by atoms with Gasteiger partial charge in [-0.15, -0.1) is 0 Å². The van der Waals surface area contributed by atoms with Crippen molar-refractivity contribution < 1.29 is 63.5 Å². The maximum atomic E-state index is 14.1. The van der Waals surface area contributed by atoms with Crippen molar-refractivity contribution in [2.24, 2.45) is 23.7 Å². The highest BCUT2D eigenvalue weighted by Crippen LogP contribution is 2.40. The van der Waals surface area contributed by atoms with Gasteiger partial charge in [-0.05, 0) is 74.9 Å². The number of carbonyl (C=O) groups is 2. The number of methoxy groups -OCH3 is 1. The van der Waals surface area contributed by atoms with Crippen molar-refractivity contribution in [1.29, 1.82) is 0 Å². The zero-order chi connectivity index (χ0) is 39.0. The number of carbonyl (C=O) groups excluding carboxylic acids is 2. The van der Waals surface area contributed by atoms with Crippen LogP contribution in [0.3, 0.4) is 0 Å². The van der Waals surface area contributed by atoms with Crippen molar-refractivity contribution >= 4 is 11.8 Å². The summed E-state index contributed by atoms with van der Waals surface area (Å²) in [6.45, 7) is 16.3. The van der Waals surface area contributed by atoms with Crippen molar-refractivity contribution in [2.45, 2.75) is 179 Å². The number of esters is 1. The number of hydrogen-bond donors (Lipinski definition) is 5. The first-order valence-corrected chi connectivity index (χ1v) is 18.5. The molecular weight excluding hydrogens is 666 g/mol. The Labute approximate surface area is 304 Å². The molecule has 0 radical (unpaired) electrons. The van der Waals surface area contributed by atoms with Gasteiger partial charge in [-0.3, -0.25) is 9.59 Å². The van der Waals surface area contributed by atoms with Gasteiger partial charge in [0.1, 0.15) is 29.7 Å². The van der Waals surface area contributed by atoms with E-state index in [2.05, 4.69) is 0 Å². The second kappa shape index (κ2) is 17.0. The second-order valence-corrected chi connectivity index (χ2v) is 16.5. The number of likely N-dealkylation sites (N-methyl/N-ethyl adjacent to an activating group) is 1. The van der Waals surface area contributed by atoms with Gasteiger partial charge in [-0.1, -0.05) is 27.7 Å². The third-order valence-corrected chi connectivity index (χ3v) is 11.8. The summed E-state index contributed by atoms with van der Waals surface area (Å²) >= 11 is 0. The largest absolute Gasteiger partial charge is 0.459 e. The summed E-state index contributed by atoms with van der Waals surface area (Å²) in [6, 6.07) is -0.324. The summed E-state index contributed by atoms with van der Waals surface area (Å²) in [6.07, 6.45) is -9.71. The zero-order valence-electron chi connectivity index (χ0n) is 32.9. The molecule has 0 aromatic heterocycles. The molecule has 0 spiro atoms. The maximum Gasteiger partial charge on any atom is 0.311 e. The molecule has 14 nitrogen and oxygen atoms in total. The number of aliphatic hydroxyl groups is 5. The smallest absolute Gasteiger partial charge is 0.311 e. The number of Topliss-reactive ketones (excluding diaryl/α,β-unsaturated/α-hetero) is 1. The number of ketones is 1. The quantitative estimate of drug-likeness (QED) is 0.238. The van der Waals surface area contributed by atoms with Crippen LogP contribution in [0.5, 0.6) is 0 Å². The van der Waals surface area contributed by atoms with Crippen LogP contribution in [0.4, 0.5) is 0 Å². The van der Waals surface area contributed by atoms with Crippen LogP contribution in [-0.4, -0.2) is 148 Å². The summed E-state index contributed by atoms with van der Waals surface area (Å²) in [5, 5.41) is 57.6. The van der Waals surface area contributed by atoms with E-state index in [1.807, 2.05) is 25.9 Å². The number of nitrogens with zero attached hydrogens (tertiary/aromatic N) is 1. The molecule has 18 atom stereocenters. The molecule has 3 rings (SSSR count). The van der Waals surface area contributed by atoms with Crippen molar-refractivity contribution in [3.63, 3.8) is 0 Å². The van der Waals surface area contributed by atoms with Gasteiger partial charge in [0.25, 0.3) is 0 Å². The van der Waals surface area contributed by atoms with Crippen LogP contribution in [0.15, 0.2) is 0 Å². The molecule has 0 aliphatic carbocycles. The molecule has 51 heavy (non-hydrogen) atoms. The van der Waals surface area contributed by atoms with Crippen molar-refractivity contribution in [2.75, 3.05) is 21.2 Å². The first-order valence-electron chi connectivity index (χ1n) is 18.5. The van der Waals surface area contributed by atoms with Crippen molar-refractivity contribution in [1.82, 2.24) is 4.90 Å². The number of hydrogen-bond acceptors (Lipinski definition) is 14. The molecule has 3 heterocycles.